The van der Waals surface area contributed by atoms with Crippen LogP contribution in [0.15, 0.2) is 17.5 Å². The molecule has 0 aromatic carbocycles. The second kappa shape index (κ2) is 5.37. The first-order valence-corrected chi connectivity index (χ1v) is 5.07. The second-order valence-electron chi connectivity index (χ2n) is 2.69. The van der Waals surface area contributed by atoms with Crippen LogP contribution in [-0.2, 0) is 4.79 Å². The van der Waals surface area contributed by atoms with Gasteiger partial charge in [0, 0.05) is 11.4 Å². The van der Waals surface area contributed by atoms with Crippen LogP contribution in [0.25, 0.3) is 0 Å². The third kappa shape index (κ3) is 2.83. The van der Waals surface area contributed by atoms with Crippen LogP contribution >= 0.6 is 11.3 Å². The lowest BCUT2D eigenvalue weighted by Crippen LogP contribution is -2.34. The van der Waals surface area contributed by atoms with Gasteiger partial charge in [-0.25, -0.2) is 0 Å². The fraction of sp³-hybridized carbons (Fsp3) is 0.333. The van der Waals surface area contributed by atoms with E-state index in [1.165, 1.54) is 11.3 Å². The van der Waals surface area contributed by atoms with Crippen molar-refractivity contribution in [1.82, 2.24) is 5.32 Å². The van der Waals surface area contributed by atoms with Crippen LogP contribution in [0.1, 0.15) is 17.3 Å². The summed E-state index contributed by atoms with van der Waals surface area (Å²) in [6.07, 6.45) is 0.308. The van der Waals surface area contributed by atoms with E-state index in [0.717, 1.165) is 4.88 Å². The summed E-state index contributed by atoms with van der Waals surface area (Å²) < 4.78 is 0. The highest BCUT2D eigenvalue weighted by Crippen LogP contribution is 2.16. The molecule has 1 atom stereocenters. The van der Waals surface area contributed by atoms with Gasteiger partial charge >= 0.3 is 0 Å². The molecule has 1 aromatic heterocycles. The van der Waals surface area contributed by atoms with E-state index >= 15 is 0 Å². The van der Waals surface area contributed by atoms with Gasteiger partial charge in [-0.05, 0) is 11.4 Å². The van der Waals surface area contributed by atoms with E-state index in [2.05, 4.69) is 5.32 Å². The Hall–Kier alpha value is -1.38. The van der Waals surface area contributed by atoms with Gasteiger partial charge in [0.15, 0.2) is 0 Å². The summed E-state index contributed by atoms with van der Waals surface area (Å²) in [7, 11) is 0. The Morgan fingerprint density at radius 3 is 3.14 bits per heavy atom. The van der Waals surface area contributed by atoms with E-state index in [0.29, 0.717) is 13.0 Å². The van der Waals surface area contributed by atoms with Crippen LogP contribution in [0.3, 0.4) is 0 Å². The molecule has 0 radical (unpaired) electrons. The molecule has 0 aliphatic rings. The molecule has 5 heteroatoms. The van der Waals surface area contributed by atoms with E-state index in [-0.39, 0.29) is 5.91 Å². The zero-order valence-electron chi connectivity index (χ0n) is 7.56. The number of carbonyl (C=O) groups excluding carboxylic acids is 1. The zero-order valence-corrected chi connectivity index (χ0v) is 8.38. The third-order valence-electron chi connectivity index (χ3n) is 1.67. The smallest absolute Gasteiger partial charge is 0.242 e. The molecule has 0 bridgehead atoms. The average molecular weight is 209 g/mol. The summed E-state index contributed by atoms with van der Waals surface area (Å²) in [5.41, 5.74) is 5.68. The van der Waals surface area contributed by atoms with Gasteiger partial charge in [0.05, 0.1) is 12.5 Å². The van der Waals surface area contributed by atoms with Crippen molar-refractivity contribution in [3.63, 3.8) is 0 Å². The highest BCUT2D eigenvalue weighted by atomic mass is 32.1. The number of amides is 1. The number of nitrogens with one attached hydrogen (secondary N) is 1. The standard InChI is InChI=1S/C9H11N3OS/c10-4-2-5-12-9(13)8(11)7-3-1-6-14-7/h1,3,6,8H,2,5,11H2,(H,12,13). The molecule has 1 aromatic rings. The molecule has 3 N–H and O–H groups in total. The topological polar surface area (TPSA) is 78.9 Å². The maximum Gasteiger partial charge on any atom is 0.242 e. The van der Waals surface area contributed by atoms with Crippen molar-refractivity contribution in [3.05, 3.63) is 22.4 Å². The number of nitriles is 1. The first-order valence-electron chi connectivity index (χ1n) is 4.19. The molecule has 4 nitrogen and oxygen atoms in total. The number of hydrogen-bond donors (Lipinski definition) is 2. The Morgan fingerprint density at radius 2 is 2.57 bits per heavy atom. The fourth-order valence-corrected chi connectivity index (χ4v) is 1.67. The number of hydrogen-bond acceptors (Lipinski definition) is 4. The van der Waals surface area contributed by atoms with E-state index in [4.69, 9.17) is 11.0 Å². The molecule has 0 saturated carbocycles. The van der Waals surface area contributed by atoms with Gasteiger partial charge in [0.2, 0.25) is 5.91 Å². The van der Waals surface area contributed by atoms with Gasteiger partial charge in [0.1, 0.15) is 6.04 Å². The molecule has 1 rings (SSSR count). The van der Waals surface area contributed by atoms with Gasteiger partial charge in [-0.15, -0.1) is 11.3 Å². The summed E-state index contributed by atoms with van der Waals surface area (Å²) in [6.45, 7) is 0.356. The summed E-state index contributed by atoms with van der Waals surface area (Å²) in [6, 6.07) is 5.00. The van der Waals surface area contributed by atoms with Crippen LogP contribution in [0, 0.1) is 11.3 Å². The number of rotatable bonds is 4. The Labute approximate surface area is 86.3 Å². The van der Waals surface area contributed by atoms with Gasteiger partial charge in [0.25, 0.3) is 0 Å². The van der Waals surface area contributed by atoms with Crippen molar-refractivity contribution < 1.29 is 4.79 Å². The van der Waals surface area contributed by atoms with Gasteiger partial charge in [-0.3, -0.25) is 4.79 Å². The van der Waals surface area contributed by atoms with E-state index in [1.54, 1.807) is 0 Å². The summed E-state index contributed by atoms with van der Waals surface area (Å²) in [5, 5.41) is 12.7. The molecule has 74 valence electrons. The maximum absolute atomic E-state index is 11.4. The molecule has 0 spiro atoms. The lowest BCUT2D eigenvalue weighted by atomic mass is 10.2. The molecule has 0 aliphatic carbocycles. The van der Waals surface area contributed by atoms with Crippen LogP contribution < -0.4 is 11.1 Å². The van der Waals surface area contributed by atoms with E-state index < -0.39 is 6.04 Å². The summed E-state index contributed by atoms with van der Waals surface area (Å²) in [5.74, 6) is -0.234. The van der Waals surface area contributed by atoms with E-state index in [9.17, 15) is 4.79 Å². The van der Waals surface area contributed by atoms with Gasteiger partial charge in [-0.2, -0.15) is 5.26 Å². The molecule has 1 heterocycles. The van der Waals surface area contributed by atoms with Gasteiger partial charge in [-0.1, -0.05) is 6.07 Å². The first-order chi connectivity index (χ1) is 6.75. The van der Waals surface area contributed by atoms with E-state index in [1.807, 2.05) is 23.6 Å². The minimum absolute atomic E-state index is 0.234. The Morgan fingerprint density at radius 1 is 1.79 bits per heavy atom. The third-order valence-corrected chi connectivity index (χ3v) is 2.62. The Kier molecular flexibility index (Phi) is 4.11. The minimum Gasteiger partial charge on any atom is -0.353 e. The highest BCUT2D eigenvalue weighted by Gasteiger charge is 2.15. The van der Waals surface area contributed by atoms with Crippen molar-refractivity contribution in [3.8, 4) is 6.07 Å². The average Bonchev–Trinajstić information content (AvgIpc) is 2.69. The number of nitrogens with two attached hydrogens (primary N) is 1. The number of nitrogens with zero attached hydrogens (tertiary/aromatic N) is 1. The van der Waals surface area contributed by atoms with Crippen molar-refractivity contribution in [2.45, 2.75) is 12.5 Å². The molecule has 1 amide bonds. The second-order valence-corrected chi connectivity index (χ2v) is 3.67. The SMILES string of the molecule is N#CCCNC(=O)C(N)c1cccs1. The lowest BCUT2D eigenvalue weighted by Gasteiger charge is -2.08. The van der Waals surface area contributed by atoms with Crippen molar-refractivity contribution in [2.24, 2.45) is 5.73 Å². The molecular formula is C9H11N3OS. The van der Waals surface area contributed by atoms with Crippen LogP contribution in [-0.4, -0.2) is 12.5 Å². The fourth-order valence-electron chi connectivity index (χ4n) is 0.949. The summed E-state index contributed by atoms with van der Waals surface area (Å²) in [4.78, 5) is 12.2. The van der Waals surface area contributed by atoms with Crippen LogP contribution in [0.5, 0.6) is 0 Å². The van der Waals surface area contributed by atoms with Crippen molar-refractivity contribution in [2.75, 3.05) is 6.54 Å². The predicted octanol–water partition coefficient (Wildman–Crippen LogP) is 0.778. The molecular weight excluding hydrogens is 198 g/mol. The Bertz CT molecular complexity index is 328. The summed E-state index contributed by atoms with van der Waals surface area (Å²) >= 11 is 1.45. The highest BCUT2D eigenvalue weighted by molar-refractivity contribution is 7.10. The lowest BCUT2D eigenvalue weighted by molar-refractivity contribution is -0.122. The maximum atomic E-state index is 11.4. The normalized spacial score (nSPS) is 11.7. The van der Waals surface area contributed by atoms with Crippen molar-refractivity contribution >= 4 is 17.2 Å². The largest absolute Gasteiger partial charge is 0.353 e. The number of thiophene rings is 1. The molecule has 1 unspecified atom stereocenters. The van der Waals surface area contributed by atoms with Crippen LogP contribution in [0.4, 0.5) is 0 Å². The molecule has 0 aliphatic heterocycles. The first kappa shape index (κ1) is 10.7. The minimum atomic E-state index is -0.617. The van der Waals surface area contributed by atoms with Crippen molar-refractivity contribution in [1.29, 1.82) is 5.26 Å². The predicted molar refractivity (Wildman–Crippen MR) is 54.5 cm³/mol. The molecule has 14 heavy (non-hydrogen) atoms. The van der Waals surface area contributed by atoms with Gasteiger partial charge < -0.3 is 11.1 Å². The molecule has 0 fully saturated rings. The quantitative estimate of drug-likeness (QED) is 0.719. The number of carbonyl (C=O) groups is 1. The molecule has 0 saturated heterocycles. The monoisotopic (exact) mass is 209 g/mol. The zero-order chi connectivity index (χ0) is 10.4. The van der Waals surface area contributed by atoms with Crippen LogP contribution in [0.2, 0.25) is 0 Å². The Balaban J connectivity index is 2.42.